The fourth-order valence-electron chi connectivity index (χ4n) is 2.52. The maximum atomic E-state index is 12.2. The topological polar surface area (TPSA) is 46.6 Å². The summed E-state index contributed by atoms with van der Waals surface area (Å²) >= 11 is 0. The fraction of sp³-hybridized carbons (Fsp3) is 0.467. The Labute approximate surface area is 113 Å². The van der Waals surface area contributed by atoms with Crippen molar-refractivity contribution in [3.05, 3.63) is 29.3 Å². The number of carbonyl (C=O) groups excluding carboxylic acids is 2. The molecule has 0 atom stereocenters. The molecule has 0 radical (unpaired) electrons. The number of ether oxygens (including phenoxy) is 1. The molecule has 1 heterocycles. The van der Waals surface area contributed by atoms with Gasteiger partial charge < -0.3 is 9.64 Å². The van der Waals surface area contributed by atoms with Crippen molar-refractivity contribution in [1.82, 2.24) is 0 Å². The molecule has 1 amide bonds. The normalized spacial score (nSPS) is 16.4. The van der Waals surface area contributed by atoms with Gasteiger partial charge in [-0.25, -0.2) is 0 Å². The van der Waals surface area contributed by atoms with Crippen LogP contribution in [0.4, 0.5) is 5.69 Å². The van der Waals surface area contributed by atoms with Gasteiger partial charge in [-0.3, -0.25) is 9.59 Å². The van der Waals surface area contributed by atoms with Gasteiger partial charge in [-0.1, -0.05) is 12.1 Å². The number of likely N-dealkylation sites (N-methyl/N-ethyl adjacent to an activating group) is 1. The summed E-state index contributed by atoms with van der Waals surface area (Å²) in [6.07, 6.45) is 0.993. The summed E-state index contributed by atoms with van der Waals surface area (Å²) in [6, 6.07) is 5.95. The number of amides is 1. The van der Waals surface area contributed by atoms with Crippen LogP contribution in [0.15, 0.2) is 18.2 Å². The molecule has 2 rings (SSSR count). The van der Waals surface area contributed by atoms with Crippen molar-refractivity contribution in [2.24, 2.45) is 0 Å². The Morgan fingerprint density at radius 1 is 1.37 bits per heavy atom. The minimum Gasteiger partial charge on any atom is -0.469 e. The van der Waals surface area contributed by atoms with Gasteiger partial charge >= 0.3 is 5.97 Å². The first-order chi connectivity index (χ1) is 8.87. The van der Waals surface area contributed by atoms with E-state index in [1.807, 2.05) is 32.0 Å². The van der Waals surface area contributed by atoms with Gasteiger partial charge in [0.15, 0.2) is 0 Å². The van der Waals surface area contributed by atoms with Crippen LogP contribution < -0.4 is 4.90 Å². The van der Waals surface area contributed by atoms with Gasteiger partial charge in [0.25, 0.3) is 0 Å². The number of rotatable bonds is 3. The Balaban J connectivity index is 2.28. The molecule has 0 N–H and O–H groups in total. The van der Waals surface area contributed by atoms with Gasteiger partial charge in [0, 0.05) is 19.2 Å². The molecule has 19 heavy (non-hydrogen) atoms. The molecule has 0 saturated carbocycles. The lowest BCUT2D eigenvalue weighted by atomic mass is 9.85. The zero-order chi connectivity index (χ0) is 14.2. The number of benzene rings is 1. The molecule has 1 aromatic rings. The molecule has 4 heteroatoms. The molecule has 0 aromatic heterocycles. The van der Waals surface area contributed by atoms with Crippen molar-refractivity contribution in [3.8, 4) is 0 Å². The second kappa shape index (κ2) is 4.68. The molecule has 0 unspecified atom stereocenters. The lowest BCUT2D eigenvalue weighted by Crippen LogP contribution is -2.33. The summed E-state index contributed by atoms with van der Waals surface area (Å²) in [6.45, 7) is 3.86. The highest BCUT2D eigenvalue weighted by molar-refractivity contribution is 6.07. The van der Waals surface area contributed by atoms with Gasteiger partial charge in [0.05, 0.1) is 12.5 Å². The Morgan fingerprint density at radius 3 is 2.68 bits per heavy atom. The predicted molar refractivity (Wildman–Crippen MR) is 73.2 cm³/mol. The van der Waals surface area contributed by atoms with Gasteiger partial charge in [-0.2, -0.15) is 0 Å². The van der Waals surface area contributed by atoms with Crippen molar-refractivity contribution in [2.75, 3.05) is 19.1 Å². The Morgan fingerprint density at radius 2 is 2.05 bits per heavy atom. The molecule has 1 aliphatic heterocycles. The standard InChI is InChI=1S/C15H19NO3/c1-15(2)11-9-10(6-8-13(17)19-4)5-7-12(11)16(3)14(15)18/h5,7,9H,6,8H2,1-4H3. The van der Waals surface area contributed by atoms with E-state index in [1.54, 1.807) is 11.9 Å². The van der Waals surface area contributed by atoms with E-state index in [2.05, 4.69) is 4.74 Å². The third-order valence-electron chi connectivity index (χ3n) is 3.78. The summed E-state index contributed by atoms with van der Waals surface area (Å²) in [5, 5.41) is 0. The average molecular weight is 261 g/mol. The van der Waals surface area contributed by atoms with Gasteiger partial charge in [0.1, 0.15) is 0 Å². The fourth-order valence-corrected chi connectivity index (χ4v) is 2.52. The number of anilines is 1. The van der Waals surface area contributed by atoms with Crippen LogP contribution in [0.3, 0.4) is 0 Å². The SMILES string of the molecule is COC(=O)CCc1ccc2c(c1)C(C)(C)C(=O)N2C. The second-order valence-electron chi connectivity index (χ2n) is 5.42. The zero-order valence-electron chi connectivity index (χ0n) is 11.8. The molecule has 0 fully saturated rings. The van der Waals surface area contributed by atoms with Crippen molar-refractivity contribution in [3.63, 3.8) is 0 Å². The van der Waals surface area contributed by atoms with E-state index in [9.17, 15) is 9.59 Å². The van der Waals surface area contributed by atoms with Crippen LogP contribution in [0, 0.1) is 0 Å². The molecular weight excluding hydrogens is 242 g/mol. The first kappa shape index (κ1) is 13.6. The maximum absolute atomic E-state index is 12.2. The number of fused-ring (bicyclic) bond motifs is 1. The van der Waals surface area contributed by atoms with Crippen LogP contribution in [0.5, 0.6) is 0 Å². The van der Waals surface area contributed by atoms with Crippen LogP contribution >= 0.6 is 0 Å². The van der Waals surface area contributed by atoms with Crippen molar-refractivity contribution < 1.29 is 14.3 Å². The number of esters is 1. The molecule has 0 saturated heterocycles. The summed E-state index contributed by atoms with van der Waals surface area (Å²) in [5.74, 6) is -0.111. The summed E-state index contributed by atoms with van der Waals surface area (Å²) in [7, 11) is 3.19. The molecule has 1 aliphatic rings. The first-order valence-corrected chi connectivity index (χ1v) is 6.36. The quantitative estimate of drug-likeness (QED) is 0.782. The molecule has 0 aliphatic carbocycles. The third-order valence-corrected chi connectivity index (χ3v) is 3.78. The van der Waals surface area contributed by atoms with Crippen molar-refractivity contribution in [1.29, 1.82) is 0 Å². The number of hydrogen-bond acceptors (Lipinski definition) is 3. The lowest BCUT2D eigenvalue weighted by Gasteiger charge is -2.16. The van der Waals surface area contributed by atoms with Crippen molar-refractivity contribution >= 4 is 17.6 Å². The van der Waals surface area contributed by atoms with Crippen LogP contribution in [0.25, 0.3) is 0 Å². The highest BCUT2D eigenvalue weighted by atomic mass is 16.5. The van der Waals surface area contributed by atoms with Crippen molar-refractivity contribution in [2.45, 2.75) is 32.1 Å². The summed E-state index contributed by atoms with van der Waals surface area (Å²) < 4.78 is 4.64. The van der Waals surface area contributed by atoms with E-state index in [1.165, 1.54) is 7.11 Å². The number of aryl methyl sites for hydroxylation is 1. The minimum absolute atomic E-state index is 0.104. The third kappa shape index (κ3) is 2.23. The van der Waals surface area contributed by atoms with E-state index in [0.29, 0.717) is 12.8 Å². The van der Waals surface area contributed by atoms with Crippen LogP contribution in [0.1, 0.15) is 31.4 Å². The first-order valence-electron chi connectivity index (χ1n) is 6.36. The Hall–Kier alpha value is -1.84. The maximum Gasteiger partial charge on any atom is 0.305 e. The molecular formula is C15H19NO3. The van der Waals surface area contributed by atoms with Crippen LogP contribution in [-0.2, 0) is 26.2 Å². The van der Waals surface area contributed by atoms with Gasteiger partial charge in [-0.15, -0.1) is 0 Å². The Bertz CT molecular complexity index is 534. The van der Waals surface area contributed by atoms with Crippen LogP contribution in [-0.4, -0.2) is 26.0 Å². The van der Waals surface area contributed by atoms with E-state index in [4.69, 9.17) is 0 Å². The molecule has 0 bridgehead atoms. The largest absolute Gasteiger partial charge is 0.469 e. The highest BCUT2D eigenvalue weighted by Crippen LogP contribution is 2.41. The average Bonchev–Trinajstić information content (AvgIpc) is 2.57. The number of carbonyl (C=O) groups is 2. The minimum atomic E-state index is -0.495. The van der Waals surface area contributed by atoms with E-state index in [0.717, 1.165) is 16.8 Å². The molecule has 4 nitrogen and oxygen atoms in total. The second-order valence-corrected chi connectivity index (χ2v) is 5.42. The lowest BCUT2D eigenvalue weighted by molar-refractivity contribution is -0.140. The summed E-state index contributed by atoms with van der Waals surface area (Å²) in [5.41, 5.74) is 2.55. The number of methoxy groups -OCH3 is 1. The number of hydrogen-bond donors (Lipinski definition) is 0. The highest BCUT2D eigenvalue weighted by Gasteiger charge is 2.42. The smallest absolute Gasteiger partial charge is 0.305 e. The van der Waals surface area contributed by atoms with Crippen LogP contribution in [0.2, 0.25) is 0 Å². The molecule has 0 spiro atoms. The zero-order valence-corrected chi connectivity index (χ0v) is 11.8. The molecule has 102 valence electrons. The van der Waals surface area contributed by atoms with E-state index >= 15 is 0 Å². The summed E-state index contributed by atoms with van der Waals surface area (Å²) in [4.78, 5) is 25.0. The van der Waals surface area contributed by atoms with Gasteiger partial charge in [0.2, 0.25) is 5.91 Å². The predicted octanol–water partition coefficient (Wildman–Crippen LogP) is 2.05. The number of nitrogens with zero attached hydrogens (tertiary/aromatic N) is 1. The molecule has 1 aromatic carbocycles. The van der Waals surface area contributed by atoms with Gasteiger partial charge in [-0.05, 0) is 37.5 Å². The van der Waals surface area contributed by atoms with E-state index < -0.39 is 5.41 Å². The Kier molecular flexibility index (Phi) is 3.35. The van der Waals surface area contributed by atoms with E-state index in [-0.39, 0.29) is 11.9 Å². The monoisotopic (exact) mass is 261 g/mol.